The molecule has 0 spiro atoms. The molecule has 2 atom stereocenters. The van der Waals surface area contributed by atoms with Crippen LogP contribution in [0.5, 0.6) is 0 Å². The van der Waals surface area contributed by atoms with Gasteiger partial charge in [0.15, 0.2) is 0 Å². The molecule has 0 aromatic carbocycles. The van der Waals surface area contributed by atoms with Crippen molar-refractivity contribution in [3.8, 4) is 0 Å². The van der Waals surface area contributed by atoms with Crippen LogP contribution in [0.4, 0.5) is 0 Å². The quantitative estimate of drug-likeness (QED) is 0.366. The Morgan fingerprint density at radius 3 is 1.00 bits per heavy atom. The fourth-order valence-corrected chi connectivity index (χ4v) is 0.818. The molecule has 4 N–H and O–H groups in total. The first-order valence-corrected chi connectivity index (χ1v) is 5.36. The van der Waals surface area contributed by atoms with Gasteiger partial charge in [-0.3, -0.25) is 19.2 Å². The largest absolute Gasteiger partial charge is 0.481 e. The summed E-state index contributed by atoms with van der Waals surface area (Å²) in [6.45, 7) is 0. The van der Waals surface area contributed by atoms with Gasteiger partial charge in [0.2, 0.25) is 0 Å². The molecule has 0 fully saturated rings. The highest BCUT2D eigenvalue weighted by Gasteiger charge is 2.15. The SMILES string of the molecule is O=C(O)CC(S)C(=O)O.O=C(O)CC(S)C(=O)O. The maximum absolute atomic E-state index is 9.90. The van der Waals surface area contributed by atoms with Crippen molar-refractivity contribution >= 4 is 49.1 Å². The minimum Gasteiger partial charge on any atom is -0.481 e. The van der Waals surface area contributed by atoms with Gasteiger partial charge in [-0.05, 0) is 0 Å². The van der Waals surface area contributed by atoms with Crippen LogP contribution in [0.25, 0.3) is 0 Å². The number of hydrogen-bond donors (Lipinski definition) is 6. The first kappa shape index (κ1) is 18.9. The van der Waals surface area contributed by atoms with E-state index in [9.17, 15) is 19.2 Å². The number of thiol groups is 2. The van der Waals surface area contributed by atoms with Crippen LogP contribution in [-0.4, -0.2) is 54.8 Å². The first-order chi connectivity index (χ1) is 8.07. The van der Waals surface area contributed by atoms with E-state index in [2.05, 4.69) is 25.3 Å². The van der Waals surface area contributed by atoms with Gasteiger partial charge in [-0.2, -0.15) is 25.3 Å². The smallest absolute Gasteiger partial charge is 0.316 e. The molecule has 18 heavy (non-hydrogen) atoms. The summed E-state index contributed by atoms with van der Waals surface area (Å²) in [5, 5.41) is 30.0. The van der Waals surface area contributed by atoms with Gasteiger partial charge in [-0.1, -0.05) is 0 Å². The zero-order valence-corrected chi connectivity index (χ0v) is 10.7. The van der Waals surface area contributed by atoms with Gasteiger partial charge in [0.05, 0.1) is 12.8 Å². The van der Waals surface area contributed by atoms with Crippen molar-refractivity contribution in [3.63, 3.8) is 0 Å². The average Bonchev–Trinajstić information content (AvgIpc) is 2.16. The molecule has 2 unspecified atom stereocenters. The highest BCUT2D eigenvalue weighted by atomic mass is 32.1. The van der Waals surface area contributed by atoms with Crippen LogP contribution in [0.1, 0.15) is 12.8 Å². The lowest BCUT2D eigenvalue weighted by molar-refractivity contribution is -0.142. The molecular weight excluding hydrogens is 288 g/mol. The van der Waals surface area contributed by atoms with Crippen LogP contribution < -0.4 is 0 Å². The molecule has 0 heterocycles. The molecule has 8 nitrogen and oxygen atoms in total. The molecule has 0 aliphatic heterocycles. The normalized spacial score (nSPS) is 12.6. The van der Waals surface area contributed by atoms with Crippen LogP contribution in [0.3, 0.4) is 0 Å². The summed E-state index contributed by atoms with van der Waals surface area (Å²) in [7, 11) is 0. The second kappa shape index (κ2) is 9.59. The number of carboxylic acids is 4. The third-order valence-electron chi connectivity index (χ3n) is 1.31. The number of hydrogen-bond acceptors (Lipinski definition) is 6. The predicted octanol–water partition coefficient (Wildman–Crippen LogP) is -0.312. The van der Waals surface area contributed by atoms with E-state index in [1.807, 2.05) is 0 Å². The second-order valence-electron chi connectivity index (χ2n) is 2.90. The standard InChI is InChI=1S/2C4H6O4S/c2*5-3(6)1-2(9)4(7)8/h2*2,9H,1H2,(H,5,6)(H,7,8). The molecule has 0 amide bonds. The van der Waals surface area contributed by atoms with Crippen LogP contribution in [0.15, 0.2) is 0 Å². The van der Waals surface area contributed by atoms with Crippen molar-refractivity contribution in [2.45, 2.75) is 23.3 Å². The van der Waals surface area contributed by atoms with E-state index in [1.54, 1.807) is 0 Å². The first-order valence-electron chi connectivity index (χ1n) is 4.33. The van der Waals surface area contributed by atoms with Crippen molar-refractivity contribution in [1.29, 1.82) is 0 Å². The van der Waals surface area contributed by atoms with Crippen molar-refractivity contribution in [2.75, 3.05) is 0 Å². The summed E-state index contributed by atoms with van der Waals surface area (Å²) < 4.78 is 0. The Hall–Kier alpha value is -1.42. The Balaban J connectivity index is 0. The molecule has 0 aliphatic rings. The maximum atomic E-state index is 9.90. The van der Waals surface area contributed by atoms with Crippen molar-refractivity contribution in [3.05, 3.63) is 0 Å². The molecular formula is C8H12O8S2. The Morgan fingerprint density at radius 1 is 0.722 bits per heavy atom. The maximum Gasteiger partial charge on any atom is 0.316 e. The molecule has 10 heteroatoms. The molecule has 0 rings (SSSR count). The summed E-state index contributed by atoms with van der Waals surface area (Å²) in [5.74, 6) is -4.73. The topological polar surface area (TPSA) is 149 Å². The fourth-order valence-electron chi connectivity index (χ4n) is 0.505. The zero-order valence-electron chi connectivity index (χ0n) is 8.89. The lowest BCUT2D eigenvalue weighted by Crippen LogP contribution is -2.17. The van der Waals surface area contributed by atoms with E-state index in [0.29, 0.717) is 0 Å². The minimum atomic E-state index is -1.21. The van der Waals surface area contributed by atoms with Crippen LogP contribution in [-0.2, 0) is 19.2 Å². The summed E-state index contributed by atoms with van der Waals surface area (Å²) in [4.78, 5) is 39.4. The van der Waals surface area contributed by atoms with E-state index >= 15 is 0 Å². The third-order valence-corrected chi connectivity index (χ3v) is 2.11. The Morgan fingerprint density at radius 2 is 0.944 bits per heavy atom. The van der Waals surface area contributed by atoms with Crippen LogP contribution in [0.2, 0.25) is 0 Å². The van der Waals surface area contributed by atoms with Gasteiger partial charge < -0.3 is 20.4 Å². The molecule has 0 radical (unpaired) electrons. The van der Waals surface area contributed by atoms with E-state index in [1.165, 1.54) is 0 Å². The average molecular weight is 300 g/mol. The van der Waals surface area contributed by atoms with E-state index in [4.69, 9.17) is 20.4 Å². The lowest BCUT2D eigenvalue weighted by atomic mass is 10.3. The Kier molecular flexibility index (Phi) is 10.1. The lowest BCUT2D eigenvalue weighted by Gasteiger charge is -1.97. The monoisotopic (exact) mass is 300 g/mol. The van der Waals surface area contributed by atoms with E-state index in [-0.39, 0.29) is 0 Å². The van der Waals surface area contributed by atoms with Crippen molar-refractivity contribution < 1.29 is 39.6 Å². The third kappa shape index (κ3) is 12.6. The number of carbonyl (C=O) groups is 4. The van der Waals surface area contributed by atoms with Gasteiger partial charge in [-0.25, -0.2) is 0 Å². The second-order valence-corrected chi connectivity index (χ2v) is 4.15. The molecule has 0 saturated carbocycles. The molecule has 0 aromatic rings. The fraction of sp³-hybridized carbons (Fsp3) is 0.500. The Labute approximate surface area is 112 Å². The summed E-state index contributed by atoms with van der Waals surface area (Å²) in [6, 6.07) is 0. The van der Waals surface area contributed by atoms with Gasteiger partial charge in [0.25, 0.3) is 0 Å². The van der Waals surface area contributed by atoms with Gasteiger partial charge in [0, 0.05) is 0 Å². The predicted molar refractivity (Wildman–Crippen MR) is 65.3 cm³/mol. The molecule has 104 valence electrons. The van der Waals surface area contributed by atoms with Crippen molar-refractivity contribution in [1.82, 2.24) is 0 Å². The molecule has 0 aromatic heterocycles. The number of rotatable bonds is 6. The Bertz CT molecular complexity index is 297. The molecule has 0 bridgehead atoms. The summed E-state index contributed by atoms with van der Waals surface area (Å²) in [5.41, 5.74) is 0. The molecule has 0 saturated heterocycles. The van der Waals surface area contributed by atoms with Gasteiger partial charge >= 0.3 is 23.9 Å². The van der Waals surface area contributed by atoms with Crippen LogP contribution >= 0.6 is 25.3 Å². The van der Waals surface area contributed by atoms with Gasteiger partial charge in [0.1, 0.15) is 10.5 Å². The number of aliphatic carboxylic acids is 4. The summed E-state index contributed by atoms with van der Waals surface area (Å²) >= 11 is 6.97. The highest BCUT2D eigenvalue weighted by molar-refractivity contribution is 7.82. The van der Waals surface area contributed by atoms with Crippen molar-refractivity contribution in [2.24, 2.45) is 0 Å². The van der Waals surface area contributed by atoms with Crippen LogP contribution in [0, 0.1) is 0 Å². The molecule has 0 aliphatic carbocycles. The van der Waals surface area contributed by atoms with E-state index < -0.39 is 47.2 Å². The highest BCUT2D eigenvalue weighted by Crippen LogP contribution is 2.00. The summed E-state index contributed by atoms with van der Waals surface area (Å²) in [6.07, 6.45) is -0.892. The van der Waals surface area contributed by atoms with E-state index in [0.717, 1.165) is 0 Å². The zero-order chi connectivity index (χ0) is 14.9. The number of carboxylic acid groups (broad SMARTS) is 4. The van der Waals surface area contributed by atoms with Gasteiger partial charge in [-0.15, -0.1) is 0 Å². The minimum absolute atomic E-state index is 0.446.